The maximum atomic E-state index is 11.6. The molecule has 0 radical (unpaired) electrons. The molecule has 6 nitrogen and oxygen atoms in total. The molecule has 0 saturated heterocycles. The van der Waals surface area contributed by atoms with E-state index in [1.54, 1.807) is 18.2 Å². The minimum Gasteiger partial charge on any atom is -0.399 e. The van der Waals surface area contributed by atoms with Gasteiger partial charge >= 0.3 is 0 Å². The summed E-state index contributed by atoms with van der Waals surface area (Å²) in [6, 6.07) is 5.10. The van der Waals surface area contributed by atoms with E-state index >= 15 is 0 Å². The van der Waals surface area contributed by atoms with E-state index in [0.29, 0.717) is 16.9 Å². The maximum Gasteiger partial charge on any atom is 0.250 e. The third kappa shape index (κ3) is 3.01. The summed E-state index contributed by atoms with van der Waals surface area (Å²) in [6.07, 6.45) is 4.16. The predicted octanol–water partition coefficient (Wildman–Crippen LogP) is 0.602. The van der Waals surface area contributed by atoms with Gasteiger partial charge in [-0.1, -0.05) is 12.8 Å². The number of nitrogen functional groups attached to an aromatic ring is 1. The van der Waals surface area contributed by atoms with E-state index in [-0.39, 0.29) is 12.6 Å². The van der Waals surface area contributed by atoms with Gasteiger partial charge in [0.1, 0.15) is 0 Å². The van der Waals surface area contributed by atoms with E-state index in [1.807, 2.05) is 4.90 Å². The van der Waals surface area contributed by atoms with Crippen LogP contribution in [0.5, 0.6) is 0 Å². The zero-order chi connectivity index (χ0) is 14.7. The van der Waals surface area contributed by atoms with Crippen LogP contribution in [0.3, 0.4) is 0 Å². The Hall–Kier alpha value is -2.24. The van der Waals surface area contributed by atoms with Crippen molar-refractivity contribution < 1.29 is 9.59 Å². The summed E-state index contributed by atoms with van der Waals surface area (Å²) < 4.78 is 0. The van der Waals surface area contributed by atoms with Crippen molar-refractivity contribution in [1.82, 2.24) is 0 Å². The van der Waals surface area contributed by atoms with E-state index in [4.69, 9.17) is 17.2 Å². The number of carbonyl (C=O) groups excluding carboxylic acids is 2. The lowest BCUT2D eigenvalue weighted by atomic mass is 10.1. The fourth-order valence-corrected chi connectivity index (χ4v) is 2.79. The molecule has 0 aromatic heterocycles. The summed E-state index contributed by atoms with van der Waals surface area (Å²) in [5.74, 6) is -0.970. The maximum absolute atomic E-state index is 11.6. The van der Waals surface area contributed by atoms with Crippen LogP contribution in [0.4, 0.5) is 11.4 Å². The molecule has 6 heteroatoms. The smallest absolute Gasteiger partial charge is 0.250 e. The molecule has 108 valence electrons. The van der Waals surface area contributed by atoms with E-state index in [2.05, 4.69) is 0 Å². The van der Waals surface area contributed by atoms with Crippen LogP contribution in [0.2, 0.25) is 0 Å². The lowest BCUT2D eigenvalue weighted by Crippen LogP contribution is -2.41. The molecule has 0 heterocycles. The normalized spacial score (nSPS) is 15.2. The highest BCUT2D eigenvalue weighted by atomic mass is 16.1. The molecule has 1 aromatic rings. The molecule has 2 amide bonds. The summed E-state index contributed by atoms with van der Waals surface area (Å²) in [6.45, 7) is 0.0639. The average Bonchev–Trinajstić information content (AvgIpc) is 2.88. The predicted molar refractivity (Wildman–Crippen MR) is 78.2 cm³/mol. The molecule has 1 aliphatic rings. The van der Waals surface area contributed by atoms with Crippen LogP contribution in [-0.2, 0) is 4.79 Å². The Morgan fingerprint density at radius 3 is 2.40 bits per heavy atom. The Morgan fingerprint density at radius 1 is 1.20 bits per heavy atom. The number of rotatable bonds is 5. The van der Waals surface area contributed by atoms with Gasteiger partial charge in [0.2, 0.25) is 5.91 Å². The van der Waals surface area contributed by atoms with Gasteiger partial charge < -0.3 is 22.1 Å². The first-order valence-corrected chi connectivity index (χ1v) is 6.73. The fraction of sp³-hybridized carbons (Fsp3) is 0.429. The van der Waals surface area contributed by atoms with Crippen LogP contribution in [0.15, 0.2) is 18.2 Å². The van der Waals surface area contributed by atoms with Crippen LogP contribution in [-0.4, -0.2) is 24.4 Å². The van der Waals surface area contributed by atoms with Crippen molar-refractivity contribution >= 4 is 23.2 Å². The van der Waals surface area contributed by atoms with E-state index in [9.17, 15) is 9.59 Å². The second-order valence-corrected chi connectivity index (χ2v) is 5.17. The van der Waals surface area contributed by atoms with Crippen molar-refractivity contribution in [3.05, 3.63) is 23.8 Å². The number of nitrogens with zero attached hydrogens (tertiary/aromatic N) is 1. The van der Waals surface area contributed by atoms with Crippen molar-refractivity contribution in [2.45, 2.75) is 31.7 Å². The number of hydrogen-bond acceptors (Lipinski definition) is 4. The third-order valence-electron chi connectivity index (χ3n) is 3.69. The SMILES string of the molecule is NC(=O)CN(c1cc(N)ccc1C(N)=O)C1CCCC1. The Balaban J connectivity index is 2.43. The number of amides is 2. The second-order valence-electron chi connectivity index (χ2n) is 5.17. The minimum atomic E-state index is -0.535. The Kier molecular flexibility index (Phi) is 4.12. The molecule has 2 rings (SSSR count). The number of carbonyl (C=O) groups is 2. The summed E-state index contributed by atoms with van der Waals surface area (Å²) in [4.78, 5) is 24.8. The largest absolute Gasteiger partial charge is 0.399 e. The Labute approximate surface area is 117 Å². The molecule has 0 aliphatic heterocycles. The van der Waals surface area contributed by atoms with Gasteiger partial charge in [0.15, 0.2) is 0 Å². The first-order chi connectivity index (χ1) is 9.49. The summed E-state index contributed by atoms with van der Waals surface area (Å²) in [5.41, 5.74) is 18.0. The van der Waals surface area contributed by atoms with Gasteiger partial charge in [-0.05, 0) is 31.0 Å². The van der Waals surface area contributed by atoms with Crippen LogP contribution in [0.1, 0.15) is 36.0 Å². The molecule has 0 unspecified atom stereocenters. The van der Waals surface area contributed by atoms with Crippen molar-refractivity contribution in [3.63, 3.8) is 0 Å². The molecule has 6 N–H and O–H groups in total. The fourth-order valence-electron chi connectivity index (χ4n) is 2.79. The average molecular weight is 276 g/mol. The van der Waals surface area contributed by atoms with Crippen molar-refractivity contribution in [2.75, 3.05) is 17.2 Å². The summed E-state index contributed by atoms with van der Waals surface area (Å²) in [5, 5.41) is 0. The number of nitrogens with two attached hydrogens (primary N) is 3. The minimum absolute atomic E-state index is 0.0639. The van der Waals surface area contributed by atoms with Crippen LogP contribution in [0.25, 0.3) is 0 Å². The standard InChI is InChI=1S/C14H20N4O2/c15-9-5-6-11(14(17)20)12(7-9)18(8-13(16)19)10-3-1-2-4-10/h5-7,10H,1-4,8,15H2,(H2,16,19)(H2,17,20). The molecular formula is C14H20N4O2. The topological polar surface area (TPSA) is 115 Å². The van der Waals surface area contributed by atoms with Crippen LogP contribution >= 0.6 is 0 Å². The molecule has 1 saturated carbocycles. The highest BCUT2D eigenvalue weighted by Crippen LogP contribution is 2.31. The lowest BCUT2D eigenvalue weighted by molar-refractivity contribution is -0.116. The third-order valence-corrected chi connectivity index (χ3v) is 3.69. The first kappa shape index (κ1) is 14.2. The lowest BCUT2D eigenvalue weighted by Gasteiger charge is -2.31. The van der Waals surface area contributed by atoms with E-state index in [1.165, 1.54) is 0 Å². The zero-order valence-electron chi connectivity index (χ0n) is 11.3. The van der Waals surface area contributed by atoms with Gasteiger partial charge in [-0.3, -0.25) is 9.59 Å². The molecule has 1 fully saturated rings. The van der Waals surface area contributed by atoms with Gasteiger partial charge in [0, 0.05) is 11.7 Å². The highest BCUT2D eigenvalue weighted by Gasteiger charge is 2.26. The second kappa shape index (κ2) is 5.81. The van der Waals surface area contributed by atoms with Gasteiger partial charge in [-0.25, -0.2) is 0 Å². The quantitative estimate of drug-likeness (QED) is 0.683. The Bertz CT molecular complexity index is 524. The molecule has 1 aliphatic carbocycles. The summed E-state index contributed by atoms with van der Waals surface area (Å²) >= 11 is 0. The van der Waals surface area contributed by atoms with Crippen molar-refractivity contribution in [1.29, 1.82) is 0 Å². The van der Waals surface area contributed by atoms with Gasteiger partial charge in [-0.2, -0.15) is 0 Å². The number of anilines is 2. The zero-order valence-corrected chi connectivity index (χ0v) is 11.3. The number of benzene rings is 1. The van der Waals surface area contributed by atoms with Crippen molar-refractivity contribution in [3.8, 4) is 0 Å². The highest BCUT2D eigenvalue weighted by molar-refractivity contribution is 6.00. The molecule has 0 atom stereocenters. The van der Waals surface area contributed by atoms with Gasteiger partial charge in [0.25, 0.3) is 5.91 Å². The molecule has 1 aromatic carbocycles. The monoisotopic (exact) mass is 276 g/mol. The Morgan fingerprint density at radius 2 is 1.85 bits per heavy atom. The first-order valence-electron chi connectivity index (χ1n) is 6.73. The van der Waals surface area contributed by atoms with Crippen LogP contribution in [0, 0.1) is 0 Å². The van der Waals surface area contributed by atoms with Crippen molar-refractivity contribution in [2.24, 2.45) is 11.5 Å². The number of primary amides is 2. The molecular weight excluding hydrogens is 256 g/mol. The summed E-state index contributed by atoms with van der Waals surface area (Å²) in [7, 11) is 0. The van der Waals surface area contributed by atoms with E-state index < -0.39 is 11.8 Å². The number of hydrogen-bond donors (Lipinski definition) is 3. The van der Waals surface area contributed by atoms with Gasteiger partial charge in [0.05, 0.1) is 17.8 Å². The van der Waals surface area contributed by atoms with Crippen LogP contribution < -0.4 is 22.1 Å². The van der Waals surface area contributed by atoms with E-state index in [0.717, 1.165) is 25.7 Å². The molecule has 0 bridgehead atoms. The molecule has 20 heavy (non-hydrogen) atoms. The molecule has 0 spiro atoms. The van der Waals surface area contributed by atoms with Gasteiger partial charge in [-0.15, -0.1) is 0 Å².